The second kappa shape index (κ2) is 6.31. The fraction of sp³-hybridized carbons (Fsp3) is 0.615. The van der Waals surface area contributed by atoms with Crippen LogP contribution in [0.2, 0.25) is 0 Å². The van der Waals surface area contributed by atoms with Crippen molar-refractivity contribution in [1.82, 2.24) is 9.80 Å². The predicted molar refractivity (Wildman–Crippen MR) is 74.4 cm³/mol. The molecule has 2 N–H and O–H groups in total. The van der Waals surface area contributed by atoms with Crippen LogP contribution in [0.1, 0.15) is 17.7 Å². The minimum Gasteiger partial charge on any atom is -0.340 e. The molecule has 5 heteroatoms. The maximum atomic E-state index is 12.1. The van der Waals surface area contributed by atoms with Crippen molar-refractivity contribution >= 4 is 17.2 Å². The summed E-state index contributed by atoms with van der Waals surface area (Å²) in [5.41, 5.74) is 5.86. The van der Waals surface area contributed by atoms with E-state index in [1.807, 2.05) is 18.5 Å². The van der Waals surface area contributed by atoms with E-state index in [0.717, 1.165) is 25.9 Å². The summed E-state index contributed by atoms with van der Waals surface area (Å²) >= 11 is 1.69. The summed E-state index contributed by atoms with van der Waals surface area (Å²) in [6, 6.07) is 4.40. The van der Waals surface area contributed by atoms with Crippen LogP contribution in [0.4, 0.5) is 0 Å². The maximum absolute atomic E-state index is 12.1. The lowest BCUT2D eigenvalue weighted by atomic mass is 10.1. The number of hydrogen-bond acceptors (Lipinski definition) is 4. The van der Waals surface area contributed by atoms with Gasteiger partial charge in [0.25, 0.3) is 0 Å². The lowest BCUT2D eigenvalue weighted by Gasteiger charge is -2.30. The van der Waals surface area contributed by atoms with Gasteiger partial charge in [0.15, 0.2) is 0 Å². The monoisotopic (exact) mass is 267 g/mol. The van der Waals surface area contributed by atoms with Crippen LogP contribution in [0.5, 0.6) is 0 Å². The molecule has 4 nitrogen and oxygen atoms in total. The topological polar surface area (TPSA) is 49.6 Å². The highest BCUT2D eigenvalue weighted by Gasteiger charge is 2.19. The summed E-state index contributed by atoms with van der Waals surface area (Å²) in [6.07, 6.45) is 2.00. The summed E-state index contributed by atoms with van der Waals surface area (Å²) in [6.45, 7) is 3.12. The molecule has 0 bridgehead atoms. The molecule has 0 saturated carbocycles. The van der Waals surface area contributed by atoms with Gasteiger partial charge in [-0.2, -0.15) is 0 Å². The lowest BCUT2D eigenvalue weighted by Crippen LogP contribution is -2.44. The molecule has 1 saturated heterocycles. The first-order chi connectivity index (χ1) is 8.65. The second-order valence-electron chi connectivity index (χ2n) is 4.94. The maximum Gasteiger partial charge on any atom is 0.236 e. The van der Waals surface area contributed by atoms with Gasteiger partial charge in [-0.1, -0.05) is 6.07 Å². The molecule has 0 spiro atoms. The first kappa shape index (κ1) is 13.5. The number of carbonyl (C=O) groups excluding carboxylic acids is 1. The third-order valence-corrected chi connectivity index (χ3v) is 4.25. The Morgan fingerprint density at radius 3 is 2.89 bits per heavy atom. The third-order valence-electron chi connectivity index (χ3n) is 3.39. The molecule has 18 heavy (non-hydrogen) atoms. The largest absolute Gasteiger partial charge is 0.340 e. The van der Waals surface area contributed by atoms with Gasteiger partial charge in [0.1, 0.15) is 0 Å². The molecule has 1 aliphatic heterocycles. The number of nitrogens with two attached hydrogens (primary N) is 1. The Kier molecular flexibility index (Phi) is 4.74. The standard InChI is InChI=1S/C13H21N3OS/c1-15(9-12-3-2-8-18-12)13(17)10-16-6-4-11(14)5-7-16/h2-3,8,11H,4-7,9-10,14H2,1H3. The molecule has 1 amide bonds. The van der Waals surface area contributed by atoms with Crippen LogP contribution in [-0.2, 0) is 11.3 Å². The van der Waals surface area contributed by atoms with Crippen LogP contribution in [0, 0.1) is 0 Å². The number of likely N-dealkylation sites (tertiary alicyclic amines) is 1. The SMILES string of the molecule is CN(Cc1cccs1)C(=O)CN1CCC(N)CC1. The Labute approximate surface area is 112 Å². The zero-order valence-corrected chi connectivity index (χ0v) is 11.7. The zero-order valence-electron chi connectivity index (χ0n) is 10.8. The van der Waals surface area contributed by atoms with Crippen molar-refractivity contribution in [3.05, 3.63) is 22.4 Å². The van der Waals surface area contributed by atoms with Gasteiger partial charge in [0.05, 0.1) is 13.1 Å². The molecule has 2 rings (SSSR count). The summed E-state index contributed by atoms with van der Waals surface area (Å²) in [5, 5.41) is 2.04. The van der Waals surface area contributed by atoms with Gasteiger partial charge in [-0.05, 0) is 24.3 Å². The Balaban J connectivity index is 1.77. The molecular weight excluding hydrogens is 246 g/mol. The van der Waals surface area contributed by atoms with Gasteiger partial charge < -0.3 is 10.6 Å². The summed E-state index contributed by atoms with van der Waals surface area (Å²) in [4.78, 5) is 17.3. The average molecular weight is 267 g/mol. The van der Waals surface area contributed by atoms with Crippen LogP contribution in [0.3, 0.4) is 0 Å². The number of nitrogens with zero attached hydrogens (tertiary/aromatic N) is 2. The van der Waals surface area contributed by atoms with E-state index in [-0.39, 0.29) is 5.91 Å². The molecule has 100 valence electrons. The van der Waals surface area contributed by atoms with E-state index in [4.69, 9.17) is 5.73 Å². The Morgan fingerprint density at radius 2 is 2.28 bits per heavy atom. The number of piperidine rings is 1. The van der Waals surface area contributed by atoms with E-state index >= 15 is 0 Å². The molecule has 1 aromatic rings. The highest BCUT2D eigenvalue weighted by atomic mass is 32.1. The Bertz CT molecular complexity index is 372. The zero-order chi connectivity index (χ0) is 13.0. The van der Waals surface area contributed by atoms with Crippen molar-refractivity contribution in [2.45, 2.75) is 25.4 Å². The number of thiophene rings is 1. The van der Waals surface area contributed by atoms with Crippen molar-refractivity contribution in [3.8, 4) is 0 Å². The quantitative estimate of drug-likeness (QED) is 0.889. The number of likely N-dealkylation sites (N-methyl/N-ethyl adjacent to an activating group) is 1. The fourth-order valence-corrected chi connectivity index (χ4v) is 2.90. The number of amides is 1. The highest BCUT2D eigenvalue weighted by Crippen LogP contribution is 2.12. The molecule has 0 aromatic carbocycles. The minimum absolute atomic E-state index is 0.193. The molecule has 0 aliphatic carbocycles. The Hall–Kier alpha value is -0.910. The summed E-state index contributed by atoms with van der Waals surface area (Å²) in [5.74, 6) is 0.193. The molecular formula is C13H21N3OS. The number of carbonyl (C=O) groups is 1. The number of hydrogen-bond donors (Lipinski definition) is 1. The van der Waals surface area contributed by atoms with E-state index in [9.17, 15) is 4.79 Å². The normalized spacial score (nSPS) is 17.9. The Morgan fingerprint density at radius 1 is 1.56 bits per heavy atom. The molecule has 0 unspecified atom stereocenters. The second-order valence-corrected chi connectivity index (χ2v) is 5.97. The van der Waals surface area contributed by atoms with Crippen molar-refractivity contribution in [3.63, 3.8) is 0 Å². The van der Waals surface area contributed by atoms with Crippen molar-refractivity contribution in [1.29, 1.82) is 0 Å². The number of rotatable bonds is 4. The molecule has 1 aliphatic rings. The van der Waals surface area contributed by atoms with Crippen LogP contribution >= 0.6 is 11.3 Å². The third kappa shape index (κ3) is 3.80. The summed E-state index contributed by atoms with van der Waals surface area (Å²) < 4.78 is 0. The molecule has 1 fully saturated rings. The van der Waals surface area contributed by atoms with Crippen molar-refractivity contribution < 1.29 is 4.79 Å². The fourth-order valence-electron chi connectivity index (χ4n) is 2.15. The highest BCUT2D eigenvalue weighted by molar-refractivity contribution is 7.09. The van der Waals surface area contributed by atoms with E-state index in [1.165, 1.54) is 4.88 Å². The van der Waals surface area contributed by atoms with Gasteiger partial charge in [-0.15, -0.1) is 11.3 Å². The molecule has 1 aromatic heterocycles. The van der Waals surface area contributed by atoms with E-state index < -0.39 is 0 Å². The van der Waals surface area contributed by atoms with Crippen LogP contribution in [-0.4, -0.2) is 48.4 Å². The van der Waals surface area contributed by atoms with Crippen LogP contribution < -0.4 is 5.73 Å². The first-order valence-corrected chi connectivity index (χ1v) is 7.27. The van der Waals surface area contributed by atoms with Crippen LogP contribution in [0.25, 0.3) is 0 Å². The smallest absolute Gasteiger partial charge is 0.236 e. The summed E-state index contributed by atoms with van der Waals surface area (Å²) in [7, 11) is 1.87. The van der Waals surface area contributed by atoms with Crippen molar-refractivity contribution in [2.75, 3.05) is 26.7 Å². The van der Waals surface area contributed by atoms with Gasteiger partial charge in [-0.3, -0.25) is 9.69 Å². The first-order valence-electron chi connectivity index (χ1n) is 6.39. The van der Waals surface area contributed by atoms with Crippen LogP contribution in [0.15, 0.2) is 17.5 Å². The molecule has 2 heterocycles. The van der Waals surface area contributed by atoms with Gasteiger partial charge in [-0.25, -0.2) is 0 Å². The molecule has 0 atom stereocenters. The minimum atomic E-state index is 0.193. The van der Waals surface area contributed by atoms with Gasteiger partial charge in [0.2, 0.25) is 5.91 Å². The van der Waals surface area contributed by atoms with Gasteiger partial charge in [0, 0.05) is 31.1 Å². The van der Waals surface area contributed by atoms with E-state index in [0.29, 0.717) is 19.1 Å². The molecule has 0 radical (unpaired) electrons. The van der Waals surface area contributed by atoms with Crippen molar-refractivity contribution in [2.24, 2.45) is 5.73 Å². The van der Waals surface area contributed by atoms with E-state index in [2.05, 4.69) is 11.0 Å². The van der Waals surface area contributed by atoms with Gasteiger partial charge >= 0.3 is 0 Å². The van der Waals surface area contributed by atoms with E-state index in [1.54, 1.807) is 16.2 Å². The predicted octanol–water partition coefficient (Wildman–Crippen LogP) is 1.13. The average Bonchev–Trinajstić information content (AvgIpc) is 2.85. The lowest BCUT2D eigenvalue weighted by molar-refractivity contribution is -0.131.